The number of ether oxygens (including phenoxy) is 1. The molecule has 6 nitrogen and oxygen atoms in total. The van der Waals surface area contributed by atoms with Crippen LogP contribution in [0.15, 0.2) is 53.5 Å². The number of rotatable bonds is 6. The molecule has 1 aromatic heterocycles. The Hall–Kier alpha value is -2.29. The molecular weight excluding hydrogens is 453 g/mol. The van der Waals surface area contributed by atoms with Crippen LogP contribution in [0.3, 0.4) is 0 Å². The topological polar surface area (TPSA) is 63.5 Å². The van der Waals surface area contributed by atoms with Gasteiger partial charge in [-0.15, -0.1) is 24.0 Å². The van der Waals surface area contributed by atoms with Gasteiger partial charge in [0, 0.05) is 19.2 Å². The molecule has 2 N–H and O–H groups in total. The molecule has 0 unspecified atom stereocenters. The molecule has 0 amide bonds. The Balaban J connectivity index is 0.00000261. The molecular formula is C20H26IN5O. The van der Waals surface area contributed by atoms with Crippen molar-refractivity contribution < 1.29 is 4.74 Å². The van der Waals surface area contributed by atoms with Crippen molar-refractivity contribution in [2.75, 3.05) is 13.7 Å². The van der Waals surface area contributed by atoms with Gasteiger partial charge in [0.05, 0.1) is 31.2 Å². The molecule has 0 bridgehead atoms. The average Bonchev–Trinajstić information content (AvgIpc) is 3.00. The van der Waals surface area contributed by atoms with E-state index in [0.717, 1.165) is 40.7 Å². The third-order valence-corrected chi connectivity index (χ3v) is 4.24. The smallest absolute Gasteiger partial charge is 0.191 e. The summed E-state index contributed by atoms with van der Waals surface area (Å²) >= 11 is 0. The first-order valence-corrected chi connectivity index (χ1v) is 8.77. The molecule has 0 atom stereocenters. The fourth-order valence-corrected chi connectivity index (χ4v) is 2.86. The second-order valence-electron chi connectivity index (χ2n) is 5.94. The molecule has 3 rings (SSSR count). The molecule has 0 saturated heterocycles. The number of hydrogen-bond donors (Lipinski definition) is 2. The molecule has 0 aliphatic rings. The van der Waals surface area contributed by atoms with E-state index < -0.39 is 0 Å². The average molecular weight is 479 g/mol. The van der Waals surface area contributed by atoms with Gasteiger partial charge in [-0.3, -0.25) is 0 Å². The fourth-order valence-electron chi connectivity index (χ4n) is 2.86. The summed E-state index contributed by atoms with van der Waals surface area (Å²) in [6.45, 7) is 3.99. The monoisotopic (exact) mass is 479 g/mol. The van der Waals surface area contributed by atoms with Gasteiger partial charge in [-0.25, -0.2) is 9.98 Å². The van der Waals surface area contributed by atoms with Crippen LogP contribution in [0.4, 0.5) is 0 Å². The van der Waals surface area contributed by atoms with Gasteiger partial charge >= 0.3 is 0 Å². The minimum Gasteiger partial charge on any atom is -0.496 e. The number of guanidine groups is 1. The first-order chi connectivity index (χ1) is 12.7. The van der Waals surface area contributed by atoms with E-state index >= 15 is 0 Å². The number of imidazole rings is 1. The van der Waals surface area contributed by atoms with Crippen LogP contribution in [0.5, 0.6) is 5.75 Å². The third-order valence-electron chi connectivity index (χ3n) is 4.24. The van der Waals surface area contributed by atoms with Crippen molar-refractivity contribution in [3.05, 3.63) is 59.9 Å². The summed E-state index contributed by atoms with van der Waals surface area (Å²) < 4.78 is 7.50. The molecule has 7 heteroatoms. The van der Waals surface area contributed by atoms with Crippen molar-refractivity contribution in [3.8, 4) is 5.75 Å². The van der Waals surface area contributed by atoms with Crippen molar-refractivity contribution >= 4 is 41.0 Å². The molecule has 0 aliphatic heterocycles. The Kier molecular flexibility index (Phi) is 7.90. The highest BCUT2D eigenvalue weighted by Gasteiger charge is 2.08. The molecule has 0 spiro atoms. The maximum Gasteiger partial charge on any atom is 0.191 e. The zero-order valence-electron chi connectivity index (χ0n) is 15.9. The maximum atomic E-state index is 5.39. The van der Waals surface area contributed by atoms with Crippen LogP contribution in [-0.4, -0.2) is 29.2 Å². The summed E-state index contributed by atoms with van der Waals surface area (Å²) in [6.07, 6.45) is 0. The molecule has 27 heavy (non-hydrogen) atoms. The quantitative estimate of drug-likeness (QED) is 0.323. The number of nitrogens with one attached hydrogen (secondary N) is 2. The lowest BCUT2D eigenvalue weighted by molar-refractivity contribution is 0.410. The molecule has 144 valence electrons. The van der Waals surface area contributed by atoms with Gasteiger partial charge in [0.15, 0.2) is 5.96 Å². The number of aryl methyl sites for hydroxylation is 1. The van der Waals surface area contributed by atoms with E-state index in [0.29, 0.717) is 13.1 Å². The minimum atomic E-state index is 0. The van der Waals surface area contributed by atoms with Crippen LogP contribution >= 0.6 is 24.0 Å². The predicted molar refractivity (Wildman–Crippen MR) is 121 cm³/mol. The number of benzene rings is 2. The van der Waals surface area contributed by atoms with Crippen molar-refractivity contribution in [1.29, 1.82) is 0 Å². The second-order valence-corrected chi connectivity index (χ2v) is 5.94. The van der Waals surface area contributed by atoms with E-state index in [1.807, 2.05) is 49.5 Å². The number of methoxy groups -OCH3 is 1. The molecule has 0 saturated carbocycles. The third kappa shape index (κ3) is 5.12. The molecule has 2 aromatic carbocycles. The zero-order valence-corrected chi connectivity index (χ0v) is 18.2. The first kappa shape index (κ1) is 21.0. The number of fused-ring (bicyclic) bond motifs is 1. The van der Waals surface area contributed by atoms with Gasteiger partial charge in [-0.05, 0) is 25.1 Å². The summed E-state index contributed by atoms with van der Waals surface area (Å²) in [5.74, 6) is 2.57. The summed E-state index contributed by atoms with van der Waals surface area (Å²) in [7, 11) is 3.71. The molecule has 1 heterocycles. The summed E-state index contributed by atoms with van der Waals surface area (Å²) in [4.78, 5) is 9.36. The van der Waals surface area contributed by atoms with Crippen molar-refractivity contribution in [1.82, 2.24) is 20.2 Å². The van der Waals surface area contributed by atoms with Gasteiger partial charge in [0.1, 0.15) is 11.6 Å². The SMILES string of the molecule is CCNC(=NCc1ccccc1OC)NCc1nc2ccccc2n1C.I. The second kappa shape index (κ2) is 10.1. The molecule has 3 aromatic rings. The number of nitrogens with zero attached hydrogens (tertiary/aromatic N) is 3. The van der Waals surface area contributed by atoms with Crippen LogP contribution in [0.25, 0.3) is 11.0 Å². The molecule has 0 aliphatic carbocycles. The van der Waals surface area contributed by atoms with Gasteiger partial charge in [0.2, 0.25) is 0 Å². The Bertz CT molecular complexity index is 906. The highest BCUT2D eigenvalue weighted by atomic mass is 127. The van der Waals surface area contributed by atoms with Gasteiger partial charge < -0.3 is 19.9 Å². The van der Waals surface area contributed by atoms with E-state index in [1.165, 1.54) is 0 Å². The highest BCUT2D eigenvalue weighted by molar-refractivity contribution is 14.0. The van der Waals surface area contributed by atoms with Gasteiger partial charge in [-0.2, -0.15) is 0 Å². The summed E-state index contributed by atoms with van der Waals surface area (Å²) in [5.41, 5.74) is 3.18. The lowest BCUT2D eigenvalue weighted by Gasteiger charge is -2.12. The number of halogens is 1. The maximum absolute atomic E-state index is 5.39. The van der Waals surface area contributed by atoms with E-state index in [4.69, 9.17) is 4.74 Å². The molecule has 0 fully saturated rings. The lowest BCUT2D eigenvalue weighted by Crippen LogP contribution is -2.37. The summed E-state index contributed by atoms with van der Waals surface area (Å²) in [6, 6.07) is 16.1. The Labute approximate surface area is 177 Å². The van der Waals surface area contributed by atoms with Crippen LogP contribution in [-0.2, 0) is 20.1 Å². The number of aromatic nitrogens is 2. The van der Waals surface area contributed by atoms with E-state index in [2.05, 4.69) is 38.2 Å². The summed E-state index contributed by atoms with van der Waals surface area (Å²) in [5, 5.41) is 6.64. The van der Waals surface area contributed by atoms with E-state index in [-0.39, 0.29) is 24.0 Å². The Morgan fingerprint density at radius 3 is 2.59 bits per heavy atom. The van der Waals surface area contributed by atoms with Crippen molar-refractivity contribution in [3.63, 3.8) is 0 Å². The van der Waals surface area contributed by atoms with Crippen LogP contribution in [0, 0.1) is 0 Å². The van der Waals surface area contributed by atoms with E-state index in [9.17, 15) is 0 Å². The first-order valence-electron chi connectivity index (χ1n) is 8.77. The number of para-hydroxylation sites is 3. The highest BCUT2D eigenvalue weighted by Crippen LogP contribution is 2.18. The predicted octanol–water partition coefficient (Wildman–Crippen LogP) is 3.46. The minimum absolute atomic E-state index is 0. The van der Waals surface area contributed by atoms with E-state index in [1.54, 1.807) is 7.11 Å². The lowest BCUT2D eigenvalue weighted by atomic mass is 10.2. The van der Waals surface area contributed by atoms with Crippen molar-refractivity contribution in [2.24, 2.45) is 12.0 Å². The number of hydrogen-bond acceptors (Lipinski definition) is 3. The normalized spacial score (nSPS) is 11.1. The Morgan fingerprint density at radius 2 is 1.85 bits per heavy atom. The van der Waals surface area contributed by atoms with Crippen molar-refractivity contribution in [2.45, 2.75) is 20.0 Å². The van der Waals surface area contributed by atoms with Crippen LogP contribution in [0.2, 0.25) is 0 Å². The fraction of sp³-hybridized carbons (Fsp3) is 0.300. The standard InChI is InChI=1S/C20H25N5O.HI/c1-4-21-20(22-13-15-9-5-8-12-18(15)26-3)23-14-19-24-16-10-6-7-11-17(16)25(19)2;/h5-12H,4,13-14H2,1-3H3,(H2,21,22,23);1H. The zero-order chi connectivity index (χ0) is 18.4. The van der Waals surface area contributed by atoms with Gasteiger partial charge in [0.25, 0.3) is 0 Å². The largest absolute Gasteiger partial charge is 0.496 e. The van der Waals surface area contributed by atoms with Crippen LogP contribution < -0.4 is 15.4 Å². The van der Waals surface area contributed by atoms with Gasteiger partial charge in [-0.1, -0.05) is 30.3 Å². The molecule has 0 radical (unpaired) electrons. The number of aliphatic imine (C=N–C) groups is 1. The van der Waals surface area contributed by atoms with Crippen LogP contribution in [0.1, 0.15) is 18.3 Å². The Morgan fingerprint density at radius 1 is 1.11 bits per heavy atom.